The molecule has 0 aliphatic heterocycles. The van der Waals surface area contributed by atoms with Crippen LogP contribution in [0.15, 0.2) is 18.2 Å². The van der Waals surface area contributed by atoms with Crippen molar-refractivity contribution in [2.45, 2.75) is 0 Å². The second-order valence-electron chi connectivity index (χ2n) is 2.53. The number of nitrogens with two attached hydrogens (primary N) is 1. The molecule has 1 atom stereocenters. The van der Waals surface area contributed by atoms with Crippen molar-refractivity contribution in [1.82, 2.24) is 0 Å². The van der Waals surface area contributed by atoms with Gasteiger partial charge in [-0.3, -0.25) is 10.1 Å². The van der Waals surface area contributed by atoms with E-state index in [-0.39, 0.29) is 16.5 Å². The van der Waals surface area contributed by atoms with Crippen LogP contribution in [0.1, 0.15) is 0 Å². The molecule has 3 N–H and O–H groups in total. The second-order valence-corrected chi connectivity index (χ2v) is 4.25. The maximum Gasteiger partial charge on any atom is 0.453 e. The molecule has 0 fully saturated rings. The van der Waals surface area contributed by atoms with Crippen molar-refractivity contribution >= 4 is 25.0 Å². The lowest BCUT2D eigenvalue weighted by Crippen LogP contribution is -2.01. The number of nitro groups is 1. The predicted octanol–water partition coefficient (Wildman–Crippen LogP) is 1.69. The molecule has 0 aliphatic carbocycles. The van der Waals surface area contributed by atoms with E-state index in [0.29, 0.717) is 0 Å². The Labute approximate surface area is 89.2 Å². The molecule has 9 heteroatoms. The van der Waals surface area contributed by atoms with Crippen LogP contribution in [0, 0.1) is 10.1 Å². The van der Waals surface area contributed by atoms with Crippen molar-refractivity contribution in [3.05, 3.63) is 33.3 Å². The fourth-order valence-electron chi connectivity index (χ4n) is 0.818. The second kappa shape index (κ2) is 4.16. The Balaban J connectivity index is 3.04. The maximum absolute atomic E-state index is 10.7. The van der Waals surface area contributed by atoms with Gasteiger partial charge in [-0.15, -0.1) is 0 Å². The van der Waals surface area contributed by atoms with Crippen molar-refractivity contribution < 1.29 is 18.9 Å². The molecule has 82 valence electrons. The average molecular weight is 253 g/mol. The van der Waals surface area contributed by atoms with Gasteiger partial charge in [0, 0.05) is 12.1 Å². The largest absolute Gasteiger partial charge is 0.453 e. The highest BCUT2D eigenvalue weighted by atomic mass is 35.5. The fraction of sp³-hybridized carbons (Fsp3) is 0. The Morgan fingerprint density at radius 1 is 1.60 bits per heavy atom. The highest BCUT2D eigenvalue weighted by Crippen LogP contribution is 2.39. The first kappa shape index (κ1) is 11.9. The van der Waals surface area contributed by atoms with Crippen LogP contribution in [-0.2, 0) is 4.57 Å². The first-order valence-electron chi connectivity index (χ1n) is 3.54. The van der Waals surface area contributed by atoms with Gasteiger partial charge in [-0.1, -0.05) is 11.6 Å². The van der Waals surface area contributed by atoms with E-state index in [1.54, 1.807) is 0 Å². The summed E-state index contributed by atoms with van der Waals surface area (Å²) in [6, 6.07) is 3.17. The molecular weight excluding hydrogens is 247 g/mol. The third kappa shape index (κ3) is 3.49. The van der Waals surface area contributed by atoms with E-state index in [0.717, 1.165) is 18.2 Å². The predicted molar refractivity (Wildman–Crippen MR) is 52.7 cm³/mol. The van der Waals surface area contributed by atoms with Crippen LogP contribution in [0.5, 0.6) is 5.75 Å². The van der Waals surface area contributed by atoms with Crippen LogP contribution in [0.3, 0.4) is 0 Å². The van der Waals surface area contributed by atoms with Gasteiger partial charge in [0.05, 0.1) is 9.95 Å². The van der Waals surface area contributed by atoms with Gasteiger partial charge in [0.25, 0.3) is 5.69 Å². The number of rotatable bonds is 3. The topological polar surface area (TPSA) is 116 Å². The summed E-state index contributed by atoms with van der Waals surface area (Å²) in [6.45, 7) is 0. The molecule has 0 radical (unpaired) electrons. The van der Waals surface area contributed by atoms with Gasteiger partial charge in [0.2, 0.25) is 0 Å². The summed E-state index contributed by atoms with van der Waals surface area (Å²) in [5.41, 5.74) is 4.48. The Morgan fingerprint density at radius 2 is 2.20 bits per heavy atom. The minimum absolute atomic E-state index is 0.163. The van der Waals surface area contributed by atoms with Crippen LogP contribution in [0.4, 0.5) is 5.69 Å². The number of benzene rings is 1. The molecule has 0 saturated carbocycles. The minimum Gasteiger partial charge on any atom is -0.412 e. The molecule has 0 spiro atoms. The molecule has 0 bridgehead atoms. The summed E-state index contributed by atoms with van der Waals surface area (Å²) in [5.74, 6) is -0.185. The molecular formula is C6H6ClN2O5P. The molecule has 0 aromatic heterocycles. The van der Waals surface area contributed by atoms with Crippen LogP contribution in [0.25, 0.3) is 0 Å². The lowest BCUT2D eigenvalue weighted by molar-refractivity contribution is -0.384. The number of halogens is 1. The van der Waals surface area contributed by atoms with E-state index >= 15 is 0 Å². The van der Waals surface area contributed by atoms with Gasteiger partial charge < -0.3 is 9.42 Å². The quantitative estimate of drug-likeness (QED) is 0.480. The van der Waals surface area contributed by atoms with Crippen LogP contribution in [-0.4, -0.2) is 9.82 Å². The Kier molecular flexibility index (Phi) is 3.31. The van der Waals surface area contributed by atoms with Gasteiger partial charge >= 0.3 is 7.75 Å². The Bertz CT molecular complexity index is 445. The van der Waals surface area contributed by atoms with E-state index in [1.165, 1.54) is 0 Å². The minimum atomic E-state index is -4.21. The third-order valence-corrected chi connectivity index (χ3v) is 2.11. The third-order valence-electron chi connectivity index (χ3n) is 1.36. The zero-order chi connectivity index (χ0) is 11.6. The molecule has 7 nitrogen and oxygen atoms in total. The van der Waals surface area contributed by atoms with Crippen molar-refractivity contribution in [3.8, 4) is 5.75 Å². The van der Waals surface area contributed by atoms with Gasteiger partial charge in [0.15, 0.2) is 0 Å². The van der Waals surface area contributed by atoms with Crippen LogP contribution < -0.4 is 10.0 Å². The molecule has 1 aromatic rings. The lowest BCUT2D eigenvalue weighted by atomic mass is 10.3. The number of hydrogen-bond donors (Lipinski definition) is 2. The summed E-state index contributed by atoms with van der Waals surface area (Å²) in [5, 5.41) is 10.2. The fourth-order valence-corrected chi connectivity index (χ4v) is 1.53. The van der Waals surface area contributed by atoms with Crippen molar-refractivity contribution in [1.29, 1.82) is 0 Å². The molecule has 1 unspecified atom stereocenters. The molecule has 0 saturated heterocycles. The highest BCUT2D eigenvalue weighted by molar-refractivity contribution is 7.50. The first-order chi connectivity index (χ1) is 6.79. The van der Waals surface area contributed by atoms with E-state index in [2.05, 4.69) is 4.52 Å². The van der Waals surface area contributed by atoms with Gasteiger partial charge in [-0.2, -0.15) is 0 Å². The van der Waals surface area contributed by atoms with E-state index < -0.39 is 12.7 Å². The molecule has 15 heavy (non-hydrogen) atoms. The first-order valence-corrected chi connectivity index (χ1v) is 5.57. The van der Waals surface area contributed by atoms with E-state index in [1.807, 2.05) is 0 Å². The smallest absolute Gasteiger partial charge is 0.412 e. The zero-order valence-corrected chi connectivity index (χ0v) is 8.81. The monoisotopic (exact) mass is 252 g/mol. The number of hydrogen-bond acceptors (Lipinski definition) is 4. The molecule has 0 heterocycles. The van der Waals surface area contributed by atoms with Gasteiger partial charge in [0.1, 0.15) is 5.75 Å². The molecule has 0 amide bonds. The summed E-state index contributed by atoms with van der Waals surface area (Å²) in [7, 11) is -4.21. The van der Waals surface area contributed by atoms with Crippen LogP contribution >= 0.6 is 19.3 Å². The zero-order valence-electron chi connectivity index (χ0n) is 7.16. The van der Waals surface area contributed by atoms with Gasteiger partial charge in [-0.05, 0) is 6.07 Å². The van der Waals surface area contributed by atoms with Crippen molar-refractivity contribution in [2.24, 2.45) is 5.50 Å². The van der Waals surface area contributed by atoms with Crippen molar-refractivity contribution in [2.75, 3.05) is 0 Å². The molecule has 1 rings (SSSR count). The van der Waals surface area contributed by atoms with E-state index in [9.17, 15) is 14.7 Å². The Morgan fingerprint density at radius 3 is 2.60 bits per heavy atom. The Hall–Kier alpha value is -1.14. The summed E-state index contributed by atoms with van der Waals surface area (Å²) in [6.07, 6.45) is 0. The maximum atomic E-state index is 10.7. The number of non-ortho nitro benzene ring substituents is 1. The van der Waals surface area contributed by atoms with E-state index in [4.69, 9.17) is 22.0 Å². The summed E-state index contributed by atoms with van der Waals surface area (Å²) >= 11 is 5.56. The number of nitrogens with zero attached hydrogens (tertiary/aromatic N) is 1. The van der Waals surface area contributed by atoms with Gasteiger partial charge in [-0.25, -0.2) is 10.1 Å². The normalized spacial score (nSPS) is 14.3. The average Bonchev–Trinajstić information content (AvgIpc) is 2.05. The summed E-state index contributed by atoms with van der Waals surface area (Å²) in [4.78, 5) is 18.4. The summed E-state index contributed by atoms with van der Waals surface area (Å²) < 4.78 is 15.1. The molecule has 0 aliphatic rings. The highest BCUT2D eigenvalue weighted by Gasteiger charge is 2.17. The molecule has 1 aromatic carbocycles. The SMILES string of the molecule is NP(=O)(O)Oc1ccc([N+](=O)[O-])cc1Cl. The van der Waals surface area contributed by atoms with Crippen LogP contribution in [0.2, 0.25) is 5.02 Å². The number of nitro benzene ring substituents is 1. The standard InChI is InChI=1S/C6H6ClN2O5P/c7-5-3-4(9(10)11)1-2-6(5)14-15(8,12)13/h1-3H,(H3,8,12,13). The van der Waals surface area contributed by atoms with Crippen molar-refractivity contribution in [3.63, 3.8) is 0 Å². The lowest BCUT2D eigenvalue weighted by Gasteiger charge is -2.08.